The fraction of sp³-hybridized carbons (Fsp3) is 0.533. The van der Waals surface area contributed by atoms with Crippen molar-refractivity contribution < 1.29 is 14.3 Å². The van der Waals surface area contributed by atoms with Gasteiger partial charge in [-0.15, -0.1) is 0 Å². The van der Waals surface area contributed by atoms with E-state index >= 15 is 0 Å². The molecule has 0 radical (unpaired) electrons. The van der Waals surface area contributed by atoms with Gasteiger partial charge < -0.3 is 19.7 Å². The van der Waals surface area contributed by atoms with E-state index in [-0.39, 0.29) is 11.9 Å². The van der Waals surface area contributed by atoms with Crippen LogP contribution in [0.25, 0.3) is 0 Å². The van der Waals surface area contributed by atoms with Crippen LogP contribution in [0.5, 0.6) is 11.5 Å². The van der Waals surface area contributed by atoms with E-state index in [2.05, 4.69) is 17.3 Å². The molecule has 20 heavy (non-hydrogen) atoms. The summed E-state index contributed by atoms with van der Waals surface area (Å²) in [4.78, 5) is 14.5. The van der Waals surface area contributed by atoms with Crippen molar-refractivity contribution in [3.05, 3.63) is 23.8 Å². The van der Waals surface area contributed by atoms with Gasteiger partial charge >= 0.3 is 0 Å². The molecule has 0 unspecified atom stereocenters. The lowest BCUT2D eigenvalue weighted by molar-refractivity contribution is 0.0912. The Bertz CT molecular complexity index is 476. The van der Waals surface area contributed by atoms with E-state index in [0.717, 1.165) is 25.9 Å². The Kier molecular flexibility index (Phi) is 4.84. The molecule has 5 heteroatoms. The first-order chi connectivity index (χ1) is 9.63. The number of hydrogen-bond acceptors (Lipinski definition) is 4. The van der Waals surface area contributed by atoms with Crippen LogP contribution in [0.2, 0.25) is 0 Å². The average Bonchev–Trinajstić information content (AvgIpc) is 2.46. The summed E-state index contributed by atoms with van der Waals surface area (Å²) in [5.41, 5.74) is 0.593. The number of methoxy groups -OCH3 is 2. The molecule has 1 aromatic carbocycles. The van der Waals surface area contributed by atoms with Crippen molar-refractivity contribution in [3.8, 4) is 11.5 Å². The van der Waals surface area contributed by atoms with Gasteiger partial charge in [0.25, 0.3) is 5.91 Å². The van der Waals surface area contributed by atoms with Crippen LogP contribution in [-0.2, 0) is 0 Å². The first-order valence-electron chi connectivity index (χ1n) is 6.85. The van der Waals surface area contributed by atoms with Crippen LogP contribution in [-0.4, -0.2) is 51.2 Å². The largest absolute Gasteiger partial charge is 0.493 e. The highest BCUT2D eigenvalue weighted by Gasteiger charge is 2.20. The first kappa shape index (κ1) is 14.7. The summed E-state index contributed by atoms with van der Waals surface area (Å²) >= 11 is 0. The van der Waals surface area contributed by atoms with Crippen molar-refractivity contribution in [1.82, 2.24) is 10.2 Å². The van der Waals surface area contributed by atoms with Crippen molar-refractivity contribution in [3.63, 3.8) is 0 Å². The molecule has 5 nitrogen and oxygen atoms in total. The minimum Gasteiger partial charge on any atom is -0.493 e. The summed E-state index contributed by atoms with van der Waals surface area (Å²) in [6, 6.07) is 5.43. The second-order valence-corrected chi connectivity index (χ2v) is 5.14. The van der Waals surface area contributed by atoms with Gasteiger partial charge in [0.2, 0.25) is 0 Å². The zero-order chi connectivity index (χ0) is 14.5. The highest BCUT2D eigenvalue weighted by molar-refractivity contribution is 5.95. The molecule has 1 atom stereocenters. The van der Waals surface area contributed by atoms with Crippen molar-refractivity contribution in [2.24, 2.45) is 0 Å². The van der Waals surface area contributed by atoms with E-state index in [1.165, 1.54) is 0 Å². The number of carbonyl (C=O) groups is 1. The molecule has 0 aromatic heterocycles. The number of amides is 1. The topological polar surface area (TPSA) is 50.8 Å². The van der Waals surface area contributed by atoms with E-state index < -0.39 is 0 Å². The molecule has 1 aliphatic rings. The Morgan fingerprint density at radius 3 is 2.70 bits per heavy atom. The van der Waals surface area contributed by atoms with E-state index in [1.807, 2.05) is 0 Å². The van der Waals surface area contributed by atoms with E-state index in [4.69, 9.17) is 9.47 Å². The number of nitrogens with one attached hydrogen (secondary N) is 1. The average molecular weight is 278 g/mol. The van der Waals surface area contributed by atoms with E-state index in [1.54, 1.807) is 32.4 Å². The Morgan fingerprint density at radius 1 is 1.30 bits per heavy atom. The number of hydrogen-bond donors (Lipinski definition) is 1. The zero-order valence-electron chi connectivity index (χ0n) is 12.3. The van der Waals surface area contributed by atoms with Crippen LogP contribution >= 0.6 is 0 Å². The third-order valence-corrected chi connectivity index (χ3v) is 3.61. The zero-order valence-corrected chi connectivity index (χ0v) is 12.3. The Morgan fingerprint density at radius 2 is 2.05 bits per heavy atom. The second kappa shape index (κ2) is 6.61. The number of piperidine rings is 1. The lowest BCUT2D eigenvalue weighted by Crippen LogP contribution is -2.46. The first-order valence-corrected chi connectivity index (χ1v) is 6.85. The molecule has 1 heterocycles. The number of ether oxygens (including phenoxy) is 2. The Balaban J connectivity index is 2.05. The second-order valence-electron chi connectivity index (χ2n) is 5.14. The molecule has 0 aliphatic carbocycles. The van der Waals surface area contributed by atoms with Crippen molar-refractivity contribution in [1.29, 1.82) is 0 Å². The van der Waals surface area contributed by atoms with Crippen molar-refractivity contribution >= 4 is 5.91 Å². The fourth-order valence-corrected chi connectivity index (χ4v) is 2.53. The number of nitrogens with zero attached hydrogens (tertiary/aromatic N) is 1. The van der Waals surface area contributed by atoms with Gasteiger partial charge in [0.1, 0.15) is 0 Å². The maximum Gasteiger partial charge on any atom is 0.251 e. The molecule has 1 fully saturated rings. The molecule has 110 valence electrons. The minimum atomic E-state index is -0.0637. The van der Waals surface area contributed by atoms with Gasteiger partial charge in [-0.1, -0.05) is 0 Å². The predicted octanol–water partition coefficient (Wildman–Crippen LogP) is 1.53. The monoisotopic (exact) mass is 278 g/mol. The van der Waals surface area contributed by atoms with Crippen LogP contribution in [0.15, 0.2) is 18.2 Å². The molecular weight excluding hydrogens is 256 g/mol. The number of benzene rings is 1. The summed E-state index contributed by atoms with van der Waals surface area (Å²) in [6.07, 6.45) is 2.15. The third kappa shape index (κ3) is 3.42. The summed E-state index contributed by atoms with van der Waals surface area (Å²) in [6.45, 7) is 2.00. The molecule has 1 aliphatic heterocycles. The van der Waals surface area contributed by atoms with Crippen LogP contribution in [0.3, 0.4) is 0 Å². The Labute approximate surface area is 119 Å². The van der Waals surface area contributed by atoms with Gasteiger partial charge in [-0.3, -0.25) is 4.79 Å². The normalized spacial score (nSPS) is 19.4. The molecular formula is C15H22N2O3. The lowest BCUT2D eigenvalue weighted by Gasteiger charge is -2.30. The van der Waals surface area contributed by atoms with Gasteiger partial charge in [0.05, 0.1) is 14.2 Å². The summed E-state index contributed by atoms with van der Waals surface area (Å²) in [5, 5.41) is 3.08. The van der Waals surface area contributed by atoms with Crippen LogP contribution < -0.4 is 14.8 Å². The highest BCUT2D eigenvalue weighted by atomic mass is 16.5. The Hall–Kier alpha value is -1.75. The van der Waals surface area contributed by atoms with Crippen LogP contribution in [0.1, 0.15) is 23.2 Å². The molecule has 1 saturated heterocycles. The molecule has 0 bridgehead atoms. The number of carbonyl (C=O) groups excluding carboxylic acids is 1. The quantitative estimate of drug-likeness (QED) is 0.907. The van der Waals surface area contributed by atoms with Gasteiger partial charge in [-0.05, 0) is 44.6 Å². The molecule has 1 N–H and O–H groups in total. The lowest BCUT2D eigenvalue weighted by atomic mass is 10.1. The standard InChI is InChI=1S/C15H22N2O3/c1-17-8-4-5-12(10-17)16-15(18)11-6-7-13(19-2)14(9-11)20-3/h6-7,9,12H,4-5,8,10H2,1-3H3,(H,16,18)/t12-/m1/s1. The molecule has 1 amide bonds. The van der Waals surface area contributed by atoms with Crippen LogP contribution in [0, 0.1) is 0 Å². The molecule has 1 aromatic rings. The smallest absolute Gasteiger partial charge is 0.251 e. The van der Waals surface area contributed by atoms with Crippen molar-refractivity contribution in [2.45, 2.75) is 18.9 Å². The van der Waals surface area contributed by atoms with Gasteiger partial charge in [0.15, 0.2) is 11.5 Å². The number of likely N-dealkylation sites (tertiary alicyclic amines) is 1. The maximum absolute atomic E-state index is 12.3. The molecule has 0 saturated carbocycles. The molecule has 0 spiro atoms. The van der Waals surface area contributed by atoms with Gasteiger partial charge in [-0.2, -0.15) is 0 Å². The third-order valence-electron chi connectivity index (χ3n) is 3.61. The van der Waals surface area contributed by atoms with Crippen molar-refractivity contribution in [2.75, 3.05) is 34.4 Å². The predicted molar refractivity (Wildman–Crippen MR) is 77.5 cm³/mol. The van der Waals surface area contributed by atoms with Gasteiger partial charge in [-0.25, -0.2) is 0 Å². The SMILES string of the molecule is COc1ccc(C(=O)N[C@@H]2CCCN(C)C2)cc1OC. The van der Waals surface area contributed by atoms with E-state index in [0.29, 0.717) is 17.1 Å². The van der Waals surface area contributed by atoms with Gasteiger partial charge in [0, 0.05) is 18.2 Å². The minimum absolute atomic E-state index is 0.0637. The summed E-state index contributed by atoms with van der Waals surface area (Å²) in [7, 11) is 5.22. The fourth-order valence-electron chi connectivity index (χ4n) is 2.53. The van der Waals surface area contributed by atoms with Crippen LogP contribution in [0.4, 0.5) is 0 Å². The number of rotatable bonds is 4. The summed E-state index contributed by atoms with van der Waals surface area (Å²) < 4.78 is 10.4. The molecule has 2 rings (SSSR count). The number of likely N-dealkylation sites (N-methyl/N-ethyl adjacent to an activating group) is 1. The summed E-state index contributed by atoms with van der Waals surface area (Å²) in [5.74, 6) is 1.13. The van der Waals surface area contributed by atoms with E-state index in [9.17, 15) is 4.79 Å². The maximum atomic E-state index is 12.3. The highest BCUT2D eigenvalue weighted by Crippen LogP contribution is 2.27.